The monoisotopic (exact) mass is 233 g/mol. The third kappa shape index (κ3) is 2.50. The van der Waals surface area contributed by atoms with Gasteiger partial charge in [0.15, 0.2) is 0 Å². The van der Waals surface area contributed by atoms with Gasteiger partial charge in [-0.05, 0) is 30.2 Å². The van der Waals surface area contributed by atoms with Crippen molar-refractivity contribution in [2.24, 2.45) is 17.6 Å². The predicted molar refractivity (Wildman–Crippen MR) is 66.6 cm³/mol. The fourth-order valence-electron chi connectivity index (χ4n) is 2.84. The van der Waals surface area contributed by atoms with Gasteiger partial charge in [0.2, 0.25) is 0 Å². The second-order valence-electron chi connectivity index (χ2n) is 5.25. The molecule has 1 fully saturated rings. The molecule has 3 nitrogen and oxygen atoms in total. The summed E-state index contributed by atoms with van der Waals surface area (Å²) < 4.78 is 0. The van der Waals surface area contributed by atoms with E-state index in [0.717, 1.165) is 12.8 Å². The van der Waals surface area contributed by atoms with Gasteiger partial charge in [0.1, 0.15) is 0 Å². The van der Waals surface area contributed by atoms with Crippen LogP contribution < -0.4 is 5.73 Å². The topological polar surface area (TPSA) is 63.3 Å². The van der Waals surface area contributed by atoms with Gasteiger partial charge in [-0.1, -0.05) is 37.3 Å². The average Bonchev–Trinajstić information content (AvgIpc) is 2.28. The van der Waals surface area contributed by atoms with Crippen LogP contribution in [0.25, 0.3) is 0 Å². The minimum absolute atomic E-state index is 0.0828. The summed E-state index contributed by atoms with van der Waals surface area (Å²) in [7, 11) is 0. The largest absolute Gasteiger partial charge is 0.481 e. The van der Waals surface area contributed by atoms with Crippen LogP contribution >= 0.6 is 0 Å². The van der Waals surface area contributed by atoms with Crippen LogP contribution in [-0.4, -0.2) is 16.6 Å². The summed E-state index contributed by atoms with van der Waals surface area (Å²) in [6, 6.07) is 10.3. The van der Waals surface area contributed by atoms with Crippen molar-refractivity contribution in [1.29, 1.82) is 0 Å². The first kappa shape index (κ1) is 12.1. The van der Waals surface area contributed by atoms with Gasteiger partial charge in [0.05, 0.1) is 6.42 Å². The number of carbonyl (C=O) groups is 1. The van der Waals surface area contributed by atoms with Gasteiger partial charge < -0.3 is 10.8 Å². The van der Waals surface area contributed by atoms with Gasteiger partial charge in [0, 0.05) is 5.54 Å². The molecule has 0 saturated heterocycles. The Morgan fingerprint density at radius 2 is 2.12 bits per heavy atom. The van der Waals surface area contributed by atoms with Crippen molar-refractivity contribution in [3.05, 3.63) is 35.9 Å². The number of nitrogens with two attached hydrogens (primary N) is 1. The lowest BCUT2D eigenvalue weighted by molar-refractivity contribution is -0.141. The van der Waals surface area contributed by atoms with Crippen LogP contribution in [0.15, 0.2) is 30.3 Å². The molecule has 0 heterocycles. The quantitative estimate of drug-likeness (QED) is 0.836. The molecule has 0 aromatic heterocycles. The maximum absolute atomic E-state index is 10.7. The van der Waals surface area contributed by atoms with Crippen LogP contribution in [0, 0.1) is 11.8 Å². The maximum Gasteiger partial charge on any atom is 0.305 e. The number of aliphatic carboxylic acids is 1. The highest BCUT2D eigenvalue weighted by Crippen LogP contribution is 2.45. The van der Waals surface area contributed by atoms with E-state index in [1.807, 2.05) is 18.2 Å². The van der Waals surface area contributed by atoms with Crippen LogP contribution in [0.5, 0.6) is 0 Å². The highest BCUT2D eigenvalue weighted by molar-refractivity contribution is 5.68. The van der Waals surface area contributed by atoms with Gasteiger partial charge in [-0.2, -0.15) is 0 Å². The smallest absolute Gasteiger partial charge is 0.305 e. The normalized spacial score (nSPS) is 31.9. The Bertz CT molecular complexity index is 404. The Balaban J connectivity index is 1.93. The van der Waals surface area contributed by atoms with Crippen molar-refractivity contribution in [2.75, 3.05) is 0 Å². The van der Waals surface area contributed by atoms with Crippen LogP contribution in [-0.2, 0) is 11.2 Å². The van der Waals surface area contributed by atoms with Gasteiger partial charge in [-0.15, -0.1) is 0 Å². The van der Waals surface area contributed by atoms with Crippen LogP contribution in [0.2, 0.25) is 0 Å². The third-order valence-electron chi connectivity index (χ3n) is 4.08. The molecule has 1 saturated carbocycles. The minimum atomic E-state index is -0.794. The molecule has 0 radical (unpaired) electrons. The lowest BCUT2D eigenvalue weighted by Crippen LogP contribution is -2.60. The molecule has 0 amide bonds. The van der Waals surface area contributed by atoms with Gasteiger partial charge >= 0.3 is 5.97 Å². The molecule has 92 valence electrons. The van der Waals surface area contributed by atoms with E-state index in [1.165, 1.54) is 5.56 Å². The maximum atomic E-state index is 10.7. The molecule has 1 aliphatic rings. The van der Waals surface area contributed by atoms with E-state index in [9.17, 15) is 4.79 Å². The van der Waals surface area contributed by atoms with E-state index in [4.69, 9.17) is 10.8 Å². The molecule has 17 heavy (non-hydrogen) atoms. The molecule has 0 aliphatic heterocycles. The number of hydrogen-bond acceptors (Lipinski definition) is 2. The van der Waals surface area contributed by atoms with Crippen molar-refractivity contribution in [2.45, 2.75) is 31.7 Å². The number of rotatable bonds is 4. The summed E-state index contributed by atoms with van der Waals surface area (Å²) in [4.78, 5) is 10.7. The minimum Gasteiger partial charge on any atom is -0.481 e. The van der Waals surface area contributed by atoms with Crippen LogP contribution in [0.1, 0.15) is 25.3 Å². The van der Waals surface area contributed by atoms with Gasteiger partial charge in [-0.3, -0.25) is 4.79 Å². The Hall–Kier alpha value is -1.35. The summed E-state index contributed by atoms with van der Waals surface area (Å²) in [6.45, 7) is 2.07. The molecular weight excluding hydrogens is 214 g/mol. The van der Waals surface area contributed by atoms with Crippen LogP contribution in [0.4, 0.5) is 0 Å². The summed E-state index contributed by atoms with van der Waals surface area (Å²) in [5.41, 5.74) is 6.92. The van der Waals surface area contributed by atoms with Crippen LogP contribution in [0.3, 0.4) is 0 Å². The molecule has 3 unspecified atom stereocenters. The second-order valence-corrected chi connectivity index (χ2v) is 5.25. The molecule has 3 atom stereocenters. The van der Waals surface area contributed by atoms with Crippen molar-refractivity contribution in [3.63, 3.8) is 0 Å². The fraction of sp³-hybridized carbons (Fsp3) is 0.500. The highest BCUT2D eigenvalue weighted by Gasteiger charge is 2.49. The summed E-state index contributed by atoms with van der Waals surface area (Å²) >= 11 is 0. The average molecular weight is 233 g/mol. The Morgan fingerprint density at radius 1 is 1.47 bits per heavy atom. The zero-order valence-corrected chi connectivity index (χ0v) is 10.1. The Labute approximate surface area is 102 Å². The van der Waals surface area contributed by atoms with E-state index in [0.29, 0.717) is 5.92 Å². The Morgan fingerprint density at radius 3 is 2.65 bits per heavy atom. The summed E-state index contributed by atoms with van der Waals surface area (Å²) in [5.74, 6) is -0.00179. The highest BCUT2D eigenvalue weighted by atomic mass is 16.4. The number of benzene rings is 1. The van der Waals surface area contributed by atoms with E-state index in [2.05, 4.69) is 19.1 Å². The molecular formula is C14H19NO2. The zero-order valence-electron chi connectivity index (χ0n) is 10.1. The van der Waals surface area contributed by atoms with Crippen molar-refractivity contribution >= 4 is 5.97 Å². The van der Waals surface area contributed by atoms with Gasteiger partial charge in [-0.25, -0.2) is 0 Å². The molecule has 2 rings (SSSR count). The number of hydrogen-bond donors (Lipinski definition) is 2. The number of carboxylic acids is 1. The fourth-order valence-corrected chi connectivity index (χ4v) is 2.84. The molecule has 0 spiro atoms. The molecule has 3 N–H and O–H groups in total. The second kappa shape index (κ2) is 4.49. The summed E-state index contributed by atoms with van der Waals surface area (Å²) in [6.07, 6.45) is 1.90. The lowest BCUT2D eigenvalue weighted by Gasteiger charge is -2.51. The first-order valence-corrected chi connectivity index (χ1v) is 6.06. The van der Waals surface area contributed by atoms with Crippen molar-refractivity contribution in [1.82, 2.24) is 0 Å². The zero-order chi connectivity index (χ0) is 12.5. The number of carboxylic acid groups (broad SMARTS) is 1. The Kier molecular flexibility index (Phi) is 3.20. The van der Waals surface area contributed by atoms with Crippen molar-refractivity contribution < 1.29 is 9.90 Å². The molecule has 0 bridgehead atoms. The predicted octanol–water partition coefficient (Wildman–Crippen LogP) is 2.06. The third-order valence-corrected chi connectivity index (χ3v) is 4.08. The SMILES string of the molecule is CC1C(Cc2ccccc2)CC1(N)CC(=O)O. The lowest BCUT2D eigenvalue weighted by atomic mass is 9.57. The van der Waals surface area contributed by atoms with E-state index in [-0.39, 0.29) is 12.3 Å². The first-order chi connectivity index (χ1) is 8.01. The molecule has 1 aromatic rings. The molecule has 1 aliphatic carbocycles. The standard InChI is InChI=1S/C14H19NO2/c1-10-12(7-11-5-3-2-4-6-11)8-14(10,15)9-13(16)17/h2-6,10,12H,7-9,15H2,1H3,(H,16,17). The van der Waals surface area contributed by atoms with Gasteiger partial charge in [0.25, 0.3) is 0 Å². The first-order valence-electron chi connectivity index (χ1n) is 6.06. The van der Waals surface area contributed by atoms with Crippen molar-refractivity contribution in [3.8, 4) is 0 Å². The van der Waals surface area contributed by atoms with E-state index < -0.39 is 11.5 Å². The summed E-state index contributed by atoms with van der Waals surface area (Å²) in [5, 5.41) is 8.83. The van der Waals surface area contributed by atoms with E-state index in [1.54, 1.807) is 0 Å². The molecule has 1 aromatic carbocycles. The molecule has 3 heteroatoms. The van der Waals surface area contributed by atoms with E-state index >= 15 is 0 Å².